The molecule has 0 heterocycles. The first-order valence-corrected chi connectivity index (χ1v) is 4.00. The highest BCUT2D eigenvalue weighted by Gasteiger charge is 2.19. The van der Waals surface area contributed by atoms with Crippen molar-refractivity contribution in [2.24, 2.45) is 0 Å². The highest BCUT2D eigenvalue weighted by Crippen LogP contribution is 2.28. The number of benzene rings is 1. The van der Waals surface area contributed by atoms with Crippen molar-refractivity contribution in [3.63, 3.8) is 0 Å². The van der Waals surface area contributed by atoms with Crippen LogP contribution in [0.5, 0.6) is 5.75 Å². The van der Waals surface area contributed by atoms with Crippen molar-refractivity contribution >= 4 is 5.69 Å². The summed E-state index contributed by atoms with van der Waals surface area (Å²) in [5, 5.41) is 28.3. The number of aliphatic hydroxyl groups excluding tert-OH is 1. The predicted octanol–water partition coefficient (Wildman–Crippen LogP) is 0.967. The SMILES string of the molecule is COc1cc(C#N)c(CO)c([N+](=O)[O-])c1. The third-order valence-corrected chi connectivity index (χ3v) is 1.91. The Labute approximate surface area is 85.5 Å². The Morgan fingerprint density at radius 2 is 2.33 bits per heavy atom. The topological polar surface area (TPSA) is 96.4 Å². The lowest BCUT2D eigenvalue weighted by molar-refractivity contribution is -0.385. The second-order valence-electron chi connectivity index (χ2n) is 2.70. The molecule has 6 heteroatoms. The van der Waals surface area contributed by atoms with Crippen LogP contribution in [0.4, 0.5) is 5.69 Å². The van der Waals surface area contributed by atoms with E-state index in [9.17, 15) is 10.1 Å². The maximum absolute atomic E-state index is 10.6. The van der Waals surface area contributed by atoms with Crippen molar-refractivity contribution in [1.29, 1.82) is 5.26 Å². The lowest BCUT2D eigenvalue weighted by Crippen LogP contribution is -2.00. The molecule has 0 aliphatic heterocycles. The average Bonchev–Trinajstić information content (AvgIpc) is 2.26. The molecule has 0 spiro atoms. The Hall–Kier alpha value is -2.13. The first-order valence-electron chi connectivity index (χ1n) is 4.00. The van der Waals surface area contributed by atoms with Gasteiger partial charge in [-0.3, -0.25) is 10.1 Å². The van der Waals surface area contributed by atoms with Gasteiger partial charge in [0.05, 0.1) is 41.9 Å². The van der Waals surface area contributed by atoms with Crippen molar-refractivity contribution in [2.75, 3.05) is 7.11 Å². The van der Waals surface area contributed by atoms with Crippen molar-refractivity contribution in [3.05, 3.63) is 33.4 Å². The van der Waals surface area contributed by atoms with E-state index in [2.05, 4.69) is 0 Å². The third kappa shape index (κ3) is 2.03. The molecule has 0 fully saturated rings. The molecule has 0 saturated carbocycles. The van der Waals surface area contributed by atoms with Gasteiger partial charge < -0.3 is 9.84 Å². The summed E-state index contributed by atoms with van der Waals surface area (Å²) in [6, 6.07) is 4.29. The maximum atomic E-state index is 10.6. The Balaban J connectivity index is 3.48. The number of nitrogens with zero attached hydrogens (tertiary/aromatic N) is 2. The van der Waals surface area contributed by atoms with Gasteiger partial charge in [0.25, 0.3) is 5.69 Å². The average molecular weight is 208 g/mol. The minimum atomic E-state index is -0.658. The molecular formula is C9H8N2O4. The summed E-state index contributed by atoms with van der Waals surface area (Å²) in [5.41, 5.74) is -0.264. The number of nitro groups is 1. The second kappa shape index (κ2) is 4.39. The number of rotatable bonds is 3. The summed E-state index contributed by atoms with van der Waals surface area (Å²) in [6.07, 6.45) is 0. The normalized spacial score (nSPS) is 9.40. The van der Waals surface area contributed by atoms with E-state index in [-0.39, 0.29) is 22.6 Å². The van der Waals surface area contributed by atoms with Gasteiger partial charge in [-0.25, -0.2) is 0 Å². The largest absolute Gasteiger partial charge is 0.496 e. The molecule has 0 unspecified atom stereocenters. The van der Waals surface area contributed by atoms with E-state index in [4.69, 9.17) is 15.1 Å². The van der Waals surface area contributed by atoms with E-state index < -0.39 is 11.5 Å². The molecule has 0 aliphatic rings. The van der Waals surface area contributed by atoms with Crippen molar-refractivity contribution in [2.45, 2.75) is 6.61 Å². The van der Waals surface area contributed by atoms with Crippen molar-refractivity contribution in [1.82, 2.24) is 0 Å². The minimum Gasteiger partial charge on any atom is -0.496 e. The Bertz CT molecular complexity index is 436. The maximum Gasteiger partial charge on any atom is 0.279 e. The van der Waals surface area contributed by atoms with Gasteiger partial charge in [0.2, 0.25) is 0 Å². The summed E-state index contributed by atoms with van der Waals surface area (Å²) < 4.78 is 4.81. The quantitative estimate of drug-likeness (QED) is 0.589. The highest BCUT2D eigenvalue weighted by molar-refractivity contribution is 5.55. The number of nitro benzene ring substituents is 1. The van der Waals surface area contributed by atoms with Crippen LogP contribution in [-0.4, -0.2) is 17.1 Å². The van der Waals surface area contributed by atoms with Crippen LogP contribution >= 0.6 is 0 Å². The van der Waals surface area contributed by atoms with Gasteiger partial charge in [-0.2, -0.15) is 5.26 Å². The molecule has 6 nitrogen and oxygen atoms in total. The van der Waals surface area contributed by atoms with Crippen LogP contribution in [0.2, 0.25) is 0 Å². The van der Waals surface area contributed by atoms with Crippen LogP contribution in [0.1, 0.15) is 11.1 Å². The summed E-state index contributed by atoms with van der Waals surface area (Å²) in [6.45, 7) is -0.552. The zero-order valence-corrected chi connectivity index (χ0v) is 7.93. The first-order chi connectivity index (χ1) is 7.13. The predicted molar refractivity (Wildman–Crippen MR) is 50.3 cm³/mol. The molecule has 0 saturated heterocycles. The fourth-order valence-corrected chi connectivity index (χ4v) is 1.18. The molecular weight excluding hydrogens is 200 g/mol. The summed E-state index contributed by atoms with van der Waals surface area (Å²) in [7, 11) is 1.35. The van der Waals surface area contributed by atoms with Crippen LogP contribution in [0, 0.1) is 21.4 Å². The summed E-state index contributed by atoms with van der Waals surface area (Å²) >= 11 is 0. The van der Waals surface area contributed by atoms with Crippen LogP contribution in [-0.2, 0) is 6.61 Å². The van der Waals surface area contributed by atoms with Crippen LogP contribution in [0.15, 0.2) is 12.1 Å². The zero-order valence-electron chi connectivity index (χ0n) is 7.93. The van der Waals surface area contributed by atoms with Crippen LogP contribution in [0.3, 0.4) is 0 Å². The fourth-order valence-electron chi connectivity index (χ4n) is 1.18. The van der Waals surface area contributed by atoms with Crippen LogP contribution in [0.25, 0.3) is 0 Å². The van der Waals surface area contributed by atoms with Crippen molar-refractivity contribution in [3.8, 4) is 11.8 Å². The molecule has 0 bridgehead atoms. The zero-order chi connectivity index (χ0) is 11.4. The van der Waals surface area contributed by atoms with E-state index in [1.54, 1.807) is 6.07 Å². The van der Waals surface area contributed by atoms with Gasteiger partial charge in [0, 0.05) is 0 Å². The summed E-state index contributed by atoms with van der Waals surface area (Å²) in [5.74, 6) is 0.218. The molecule has 1 N–H and O–H groups in total. The molecule has 0 aromatic heterocycles. The molecule has 0 atom stereocenters. The molecule has 78 valence electrons. The molecule has 0 aliphatic carbocycles. The van der Waals surface area contributed by atoms with Gasteiger partial charge in [0.1, 0.15) is 5.75 Å². The number of nitriles is 1. The Kier molecular flexibility index (Phi) is 3.21. The second-order valence-corrected chi connectivity index (χ2v) is 2.70. The summed E-state index contributed by atoms with van der Waals surface area (Å²) in [4.78, 5) is 9.99. The number of hydrogen-bond acceptors (Lipinski definition) is 5. The fraction of sp³-hybridized carbons (Fsp3) is 0.222. The van der Waals surface area contributed by atoms with Gasteiger partial charge in [-0.05, 0) is 6.07 Å². The molecule has 0 amide bonds. The van der Waals surface area contributed by atoms with Gasteiger partial charge >= 0.3 is 0 Å². The molecule has 1 aromatic rings. The highest BCUT2D eigenvalue weighted by atomic mass is 16.6. The van der Waals surface area contributed by atoms with Gasteiger partial charge in [-0.15, -0.1) is 0 Å². The van der Waals surface area contributed by atoms with Crippen LogP contribution < -0.4 is 4.74 Å². The standard InChI is InChI=1S/C9H8N2O4/c1-15-7-2-6(4-10)8(5-12)9(3-7)11(13)14/h2-3,12H,5H2,1H3. The molecule has 0 radical (unpaired) electrons. The lowest BCUT2D eigenvalue weighted by Gasteiger charge is -2.05. The minimum absolute atomic E-state index is 0.00306. The number of ether oxygens (including phenoxy) is 1. The monoisotopic (exact) mass is 208 g/mol. The van der Waals surface area contributed by atoms with Crippen molar-refractivity contribution < 1.29 is 14.8 Å². The Morgan fingerprint density at radius 1 is 1.67 bits per heavy atom. The molecule has 1 aromatic carbocycles. The third-order valence-electron chi connectivity index (χ3n) is 1.91. The van der Waals surface area contributed by atoms with E-state index in [0.717, 1.165) is 0 Å². The van der Waals surface area contributed by atoms with E-state index in [1.807, 2.05) is 0 Å². The number of methoxy groups -OCH3 is 1. The molecule has 1 rings (SSSR count). The number of aliphatic hydroxyl groups is 1. The smallest absolute Gasteiger partial charge is 0.279 e. The Morgan fingerprint density at radius 3 is 2.73 bits per heavy atom. The van der Waals surface area contributed by atoms with Gasteiger partial charge in [0.15, 0.2) is 0 Å². The first kappa shape index (κ1) is 10.9. The lowest BCUT2D eigenvalue weighted by atomic mass is 10.1. The van der Waals surface area contributed by atoms with E-state index in [1.165, 1.54) is 19.2 Å². The number of hydrogen-bond donors (Lipinski definition) is 1. The van der Waals surface area contributed by atoms with E-state index in [0.29, 0.717) is 0 Å². The molecule has 15 heavy (non-hydrogen) atoms. The van der Waals surface area contributed by atoms with E-state index >= 15 is 0 Å². The van der Waals surface area contributed by atoms with Gasteiger partial charge in [-0.1, -0.05) is 0 Å².